The quantitative estimate of drug-likeness (QED) is 0.0453. The summed E-state index contributed by atoms with van der Waals surface area (Å²) in [5.41, 5.74) is 3.74. The van der Waals surface area contributed by atoms with Crippen LogP contribution in [0.5, 0.6) is 5.75 Å². The first-order chi connectivity index (χ1) is 36.6. The Bertz CT molecular complexity index is 2570. The third-order valence-electron chi connectivity index (χ3n) is 13.3. The molecule has 2 aliphatic heterocycles. The minimum Gasteiger partial charge on any atom is -0.495 e. The van der Waals surface area contributed by atoms with E-state index in [4.69, 9.17) is 35.3 Å². The van der Waals surface area contributed by atoms with Gasteiger partial charge in [0.15, 0.2) is 5.67 Å². The Labute approximate surface area is 456 Å². The van der Waals surface area contributed by atoms with Crippen molar-refractivity contribution < 1.29 is 52.4 Å². The van der Waals surface area contributed by atoms with Gasteiger partial charge in [0.2, 0.25) is 17.8 Å². The fourth-order valence-electron chi connectivity index (χ4n) is 8.67. The van der Waals surface area contributed by atoms with E-state index in [1.165, 1.54) is 22.9 Å². The Morgan fingerprint density at radius 2 is 1.62 bits per heavy atom. The number of benzene rings is 2. The molecular weight excluding hydrogens is 1040 g/mol. The van der Waals surface area contributed by atoms with E-state index in [9.17, 15) is 28.7 Å². The maximum absolute atomic E-state index is 15.0. The number of aromatic nitrogens is 3. The zero-order chi connectivity index (χ0) is 54.2. The number of β-amino-alcohol motifs (C(OH)–C–C–N with tert-alkyl or cyclic N) is 1. The van der Waals surface area contributed by atoms with Gasteiger partial charge in [-0.15, -0.1) is 11.3 Å². The molecule has 3 aliphatic rings. The molecule has 2 saturated heterocycles. The van der Waals surface area contributed by atoms with Crippen LogP contribution >= 0.6 is 34.7 Å². The van der Waals surface area contributed by atoms with Crippen LogP contribution in [-0.4, -0.2) is 199 Å². The Hall–Kier alpha value is -5.24. The fraction of sp³-hybridized carbons (Fsp3) is 0.558. The van der Waals surface area contributed by atoms with Crippen molar-refractivity contribution in [1.82, 2.24) is 40.3 Å². The molecule has 5 N–H and O–H groups in total. The van der Waals surface area contributed by atoms with E-state index in [-0.39, 0.29) is 38.3 Å². The van der Waals surface area contributed by atoms with E-state index in [1.807, 2.05) is 36.1 Å². The normalized spacial score (nSPS) is 17.8. The Morgan fingerprint density at radius 1 is 0.947 bits per heavy atom. The van der Waals surface area contributed by atoms with Crippen LogP contribution in [0.2, 0.25) is 5.02 Å². The van der Waals surface area contributed by atoms with Gasteiger partial charge >= 0.3 is 0 Å². The van der Waals surface area contributed by atoms with Crippen molar-refractivity contribution in [2.24, 2.45) is 0 Å². The third-order valence-corrected chi connectivity index (χ3v) is 15.9. The lowest BCUT2D eigenvalue weighted by molar-refractivity contribution is -0.143. The smallest absolute Gasteiger partial charge is 0.258 e. The molecule has 76 heavy (non-hydrogen) atoms. The second kappa shape index (κ2) is 27.9. The number of nitrogens with one attached hydrogen (secondary N) is 4. The number of halogens is 2. The monoisotopic (exact) mass is 1110 g/mol. The van der Waals surface area contributed by atoms with Crippen LogP contribution in [0, 0.1) is 6.92 Å². The van der Waals surface area contributed by atoms with Gasteiger partial charge in [-0.1, -0.05) is 35.9 Å². The second-order valence-electron chi connectivity index (χ2n) is 19.2. The molecule has 20 nitrogen and oxygen atoms in total. The van der Waals surface area contributed by atoms with Crippen molar-refractivity contribution >= 4 is 75.8 Å². The van der Waals surface area contributed by atoms with Crippen molar-refractivity contribution in [2.75, 3.05) is 123 Å². The van der Waals surface area contributed by atoms with E-state index < -0.39 is 46.3 Å². The van der Waals surface area contributed by atoms with Crippen LogP contribution < -0.4 is 26.0 Å². The summed E-state index contributed by atoms with van der Waals surface area (Å²) in [6.45, 7) is 12.2. The van der Waals surface area contributed by atoms with Gasteiger partial charge in [-0.25, -0.2) is 14.4 Å². The zero-order valence-electron chi connectivity index (χ0n) is 43.7. The largest absolute Gasteiger partial charge is 0.495 e. The molecule has 3 fully saturated rings. The number of nitrogens with zero attached hydrogens (tertiary/aromatic N) is 6. The number of anilines is 3. The van der Waals surface area contributed by atoms with Crippen LogP contribution in [0.3, 0.4) is 0 Å². The highest BCUT2D eigenvalue weighted by molar-refractivity contribution is 8.00. The number of carbonyl (C=O) groups excluding carboxylic acids is 4. The van der Waals surface area contributed by atoms with Gasteiger partial charge in [0.1, 0.15) is 28.7 Å². The highest BCUT2D eigenvalue weighted by Crippen LogP contribution is 2.41. The molecule has 24 heteroatoms. The van der Waals surface area contributed by atoms with Crippen LogP contribution in [0.1, 0.15) is 54.7 Å². The minimum atomic E-state index is -2.03. The molecule has 7 rings (SSSR count). The summed E-state index contributed by atoms with van der Waals surface area (Å²) < 4.78 is 42.5. The number of aliphatic hydroxyl groups is 1. The molecular formula is C52H70ClFN10O10S2. The minimum absolute atomic E-state index is 0.0317. The van der Waals surface area contributed by atoms with Gasteiger partial charge in [-0.2, -0.15) is 16.7 Å². The lowest BCUT2D eigenvalue weighted by atomic mass is 10.00. The molecule has 0 unspecified atom stereocenters. The van der Waals surface area contributed by atoms with E-state index in [0.717, 1.165) is 41.3 Å². The molecule has 1 saturated carbocycles. The lowest BCUT2D eigenvalue weighted by Gasteiger charge is -2.37. The molecule has 1 aliphatic carbocycles. The number of alkyl halides is 1. The number of amides is 4. The van der Waals surface area contributed by atoms with Crippen molar-refractivity contribution in [3.63, 3.8) is 0 Å². The third kappa shape index (κ3) is 16.2. The number of methoxy groups -OCH3 is 1. The number of piperazine rings is 1. The second-order valence-corrected chi connectivity index (χ2v) is 22.2. The van der Waals surface area contributed by atoms with Gasteiger partial charge < -0.3 is 59.9 Å². The number of likely N-dealkylation sites (tertiary alicyclic amines) is 1. The summed E-state index contributed by atoms with van der Waals surface area (Å²) in [6, 6.07) is 10.9. The van der Waals surface area contributed by atoms with Gasteiger partial charge in [0.25, 0.3) is 11.8 Å². The zero-order valence-corrected chi connectivity index (χ0v) is 46.1. The highest BCUT2D eigenvalue weighted by atomic mass is 35.5. The van der Waals surface area contributed by atoms with E-state index in [2.05, 4.69) is 41.1 Å². The number of ether oxygens (including phenoxy) is 5. The number of hydrogen-bond acceptors (Lipinski definition) is 18. The van der Waals surface area contributed by atoms with E-state index in [1.54, 1.807) is 63.1 Å². The number of hydrogen-bond donors (Lipinski definition) is 5. The SMILES string of the molecule is CNc1nc(Nc2ccc(C(=O)N3CCN(CCOCCOCCOCCOCCSC(C)(C)[C@H](NC(=O)C4(F)CC4)C(=O)N4C[C@H](O)C[C@H]4C(=O)NCc4ccc(-c5scnc5C)cc4)CC3)cc2OC)ncc1Cl. The predicted molar refractivity (Wildman–Crippen MR) is 290 cm³/mol. The lowest BCUT2D eigenvalue weighted by Crippen LogP contribution is -2.61. The molecule has 2 aromatic heterocycles. The predicted octanol–water partition coefficient (Wildman–Crippen LogP) is 4.96. The molecule has 0 radical (unpaired) electrons. The first kappa shape index (κ1) is 58.4. The summed E-state index contributed by atoms with van der Waals surface area (Å²) in [5, 5.41) is 22.7. The van der Waals surface area contributed by atoms with Crippen LogP contribution in [0.15, 0.2) is 54.2 Å². The van der Waals surface area contributed by atoms with Gasteiger partial charge in [-0.05, 0) is 62.9 Å². The Morgan fingerprint density at radius 3 is 2.25 bits per heavy atom. The number of thiazole rings is 1. The molecule has 3 atom stereocenters. The summed E-state index contributed by atoms with van der Waals surface area (Å²) in [4.78, 5) is 73.7. The van der Waals surface area contributed by atoms with Gasteiger partial charge in [0, 0.05) is 75.3 Å². The number of aliphatic hydroxyl groups excluding tert-OH is 1. The van der Waals surface area contributed by atoms with Crippen molar-refractivity contribution in [3.05, 3.63) is 76.0 Å². The number of carbonyl (C=O) groups is 4. The summed E-state index contributed by atoms with van der Waals surface area (Å²) in [6.07, 6.45) is 0.735. The molecule has 4 aromatic rings. The molecule has 4 heterocycles. The molecule has 4 amide bonds. The van der Waals surface area contributed by atoms with Crippen LogP contribution in [0.25, 0.3) is 10.4 Å². The summed E-state index contributed by atoms with van der Waals surface area (Å²) in [7, 11) is 3.26. The van der Waals surface area contributed by atoms with E-state index in [0.29, 0.717) is 105 Å². The molecule has 0 bridgehead atoms. The molecule has 0 spiro atoms. The Balaban J connectivity index is 0.732. The van der Waals surface area contributed by atoms with Crippen molar-refractivity contribution in [3.8, 4) is 16.2 Å². The topological polar surface area (TPSA) is 231 Å². The number of aryl methyl sites for hydroxylation is 1. The van der Waals surface area contributed by atoms with Crippen LogP contribution in [0.4, 0.5) is 21.8 Å². The van der Waals surface area contributed by atoms with Crippen LogP contribution in [-0.2, 0) is 39.9 Å². The number of thioether (sulfide) groups is 1. The fourth-order valence-corrected chi connectivity index (χ4v) is 10.7. The molecule has 414 valence electrons. The molecule has 2 aromatic carbocycles. The first-order valence-electron chi connectivity index (χ1n) is 25.5. The van der Waals surface area contributed by atoms with Crippen molar-refractivity contribution in [2.45, 2.75) is 75.2 Å². The standard InChI is InChI=1S/C52H70ClFN10O10S2/c1-34-43(75-33-58-34)36-8-6-35(7-9-36)30-56-46(66)41-29-38(65)32-64(41)48(68)44(60-49(69)52(54)12-13-52)51(2,3)76-27-26-74-25-24-73-23-22-72-21-20-71-19-18-62-14-16-63(17-15-62)47(67)37-10-11-40(42(28-37)70-5)59-50-57-31-39(53)45(55-4)61-50/h6-11,28,31,33,38,41,44,65H,12-27,29-30,32H2,1-5H3,(H,56,66)(H,60,69)(H2,55,57,59,61)/t38-,41+,44-/m1/s1. The van der Waals surface area contributed by atoms with Gasteiger partial charge in [0.05, 0.1) is 94.0 Å². The number of rotatable bonds is 29. The van der Waals surface area contributed by atoms with Crippen molar-refractivity contribution in [1.29, 1.82) is 0 Å². The Kier molecular flexibility index (Phi) is 21.4. The maximum atomic E-state index is 15.0. The summed E-state index contributed by atoms with van der Waals surface area (Å²) >= 11 is 9.05. The highest BCUT2D eigenvalue weighted by Gasteiger charge is 2.54. The maximum Gasteiger partial charge on any atom is 0.258 e. The van der Waals surface area contributed by atoms with Gasteiger partial charge in [-0.3, -0.25) is 24.1 Å². The summed E-state index contributed by atoms with van der Waals surface area (Å²) in [5.74, 6) is -0.167. The average Bonchev–Trinajstić information content (AvgIpc) is 3.83. The first-order valence-corrected chi connectivity index (χ1v) is 27.7. The van der Waals surface area contributed by atoms with E-state index >= 15 is 0 Å². The average molecular weight is 1110 g/mol.